The minimum Gasteiger partial charge on any atom is -0.393 e. The smallest absolute Gasteiger partial charge is 0.0891 e. The zero-order valence-electron chi connectivity index (χ0n) is 8.80. The summed E-state index contributed by atoms with van der Waals surface area (Å²) in [6.07, 6.45) is 5.64. The molecule has 0 bridgehead atoms. The molecule has 2 rings (SSSR count). The van der Waals surface area contributed by atoms with Crippen molar-refractivity contribution in [3.05, 3.63) is 30.1 Å². The van der Waals surface area contributed by atoms with Gasteiger partial charge >= 0.3 is 0 Å². The number of ether oxygens (including phenoxy) is 1. The summed E-state index contributed by atoms with van der Waals surface area (Å²) in [6, 6.07) is 5.84. The minimum absolute atomic E-state index is 0.111. The van der Waals surface area contributed by atoms with E-state index in [9.17, 15) is 5.11 Å². The maximum absolute atomic E-state index is 9.34. The van der Waals surface area contributed by atoms with Crippen molar-refractivity contribution in [1.29, 1.82) is 0 Å². The first-order chi connectivity index (χ1) is 7.34. The minimum atomic E-state index is -0.111. The summed E-state index contributed by atoms with van der Waals surface area (Å²) in [7, 11) is 0. The monoisotopic (exact) mass is 207 g/mol. The molecule has 0 saturated heterocycles. The molecule has 15 heavy (non-hydrogen) atoms. The molecule has 0 amide bonds. The second kappa shape index (κ2) is 5.24. The van der Waals surface area contributed by atoms with Crippen molar-refractivity contribution in [1.82, 2.24) is 4.98 Å². The van der Waals surface area contributed by atoms with Crippen LogP contribution in [0.1, 0.15) is 31.4 Å². The third-order valence-corrected chi connectivity index (χ3v) is 2.84. The van der Waals surface area contributed by atoms with Gasteiger partial charge in [-0.1, -0.05) is 6.07 Å². The Kier molecular flexibility index (Phi) is 3.69. The van der Waals surface area contributed by atoms with Gasteiger partial charge in [-0.3, -0.25) is 4.98 Å². The summed E-state index contributed by atoms with van der Waals surface area (Å²) < 4.78 is 5.74. The lowest BCUT2D eigenvalue weighted by atomic mass is 9.95. The number of pyridine rings is 1. The number of aliphatic hydroxyl groups is 1. The fraction of sp³-hybridized carbons (Fsp3) is 0.583. The quantitative estimate of drug-likeness (QED) is 0.823. The van der Waals surface area contributed by atoms with Crippen LogP contribution in [0.4, 0.5) is 0 Å². The van der Waals surface area contributed by atoms with Crippen molar-refractivity contribution in [2.24, 2.45) is 0 Å². The topological polar surface area (TPSA) is 42.4 Å². The van der Waals surface area contributed by atoms with Gasteiger partial charge in [0, 0.05) is 6.20 Å². The molecule has 3 heteroatoms. The molecule has 1 aromatic heterocycles. The standard InChI is InChI=1S/C12H17NO2/c14-11-4-6-12(7-5-11)15-9-10-3-1-2-8-13-10/h1-3,8,11-12,14H,4-7,9H2. The zero-order valence-corrected chi connectivity index (χ0v) is 8.80. The summed E-state index contributed by atoms with van der Waals surface area (Å²) in [5.41, 5.74) is 0.976. The number of aromatic nitrogens is 1. The van der Waals surface area contributed by atoms with Gasteiger partial charge in [0.15, 0.2) is 0 Å². The fourth-order valence-corrected chi connectivity index (χ4v) is 1.90. The average molecular weight is 207 g/mol. The Bertz CT molecular complexity index is 281. The first-order valence-electron chi connectivity index (χ1n) is 5.54. The lowest BCUT2D eigenvalue weighted by Crippen LogP contribution is -2.24. The van der Waals surface area contributed by atoms with Crippen molar-refractivity contribution in [3.8, 4) is 0 Å². The van der Waals surface area contributed by atoms with Gasteiger partial charge in [0.25, 0.3) is 0 Å². The van der Waals surface area contributed by atoms with Crippen LogP contribution in [0.3, 0.4) is 0 Å². The van der Waals surface area contributed by atoms with Gasteiger partial charge in [-0.15, -0.1) is 0 Å². The van der Waals surface area contributed by atoms with Crippen molar-refractivity contribution in [2.75, 3.05) is 0 Å². The Labute approximate surface area is 90.1 Å². The zero-order chi connectivity index (χ0) is 10.5. The molecule has 1 aromatic rings. The highest BCUT2D eigenvalue weighted by atomic mass is 16.5. The van der Waals surface area contributed by atoms with E-state index in [1.165, 1.54) is 0 Å². The summed E-state index contributed by atoms with van der Waals surface area (Å²) in [4.78, 5) is 4.20. The molecule has 1 saturated carbocycles. The SMILES string of the molecule is OC1CCC(OCc2ccccn2)CC1. The Hall–Kier alpha value is -0.930. The second-order valence-electron chi connectivity index (χ2n) is 4.06. The number of nitrogens with zero attached hydrogens (tertiary/aromatic N) is 1. The highest BCUT2D eigenvalue weighted by Gasteiger charge is 2.19. The number of rotatable bonds is 3. The van der Waals surface area contributed by atoms with E-state index in [-0.39, 0.29) is 6.10 Å². The van der Waals surface area contributed by atoms with Gasteiger partial charge in [-0.05, 0) is 37.8 Å². The molecule has 82 valence electrons. The van der Waals surface area contributed by atoms with Crippen LogP contribution in [-0.2, 0) is 11.3 Å². The highest BCUT2D eigenvalue weighted by molar-refractivity contribution is 5.01. The van der Waals surface area contributed by atoms with Crippen LogP contribution in [-0.4, -0.2) is 22.3 Å². The van der Waals surface area contributed by atoms with Gasteiger partial charge < -0.3 is 9.84 Å². The lowest BCUT2D eigenvalue weighted by molar-refractivity contribution is -0.0129. The summed E-state index contributed by atoms with van der Waals surface area (Å²) in [5, 5.41) is 9.34. The Morgan fingerprint density at radius 1 is 1.27 bits per heavy atom. The van der Waals surface area contributed by atoms with Crippen molar-refractivity contribution >= 4 is 0 Å². The number of hydrogen-bond donors (Lipinski definition) is 1. The molecule has 1 aliphatic carbocycles. The molecular weight excluding hydrogens is 190 g/mol. The molecule has 1 fully saturated rings. The molecule has 0 aliphatic heterocycles. The molecule has 0 unspecified atom stereocenters. The third-order valence-electron chi connectivity index (χ3n) is 2.84. The van der Waals surface area contributed by atoms with Gasteiger partial charge in [-0.25, -0.2) is 0 Å². The summed E-state index contributed by atoms with van der Waals surface area (Å²) in [5.74, 6) is 0. The number of hydrogen-bond acceptors (Lipinski definition) is 3. The molecule has 0 aromatic carbocycles. The van der Waals surface area contributed by atoms with Gasteiger partial charge in [-0.2, -0.15) is 0 Å². The van der Waals surface area contributed by atoms with Crippen molar-refractivity contribution in [3.63, 3.8) is 0 Å². The highest BCUT2D eigenvalue weighted by Crippen LogP contribution is 2.21. The van der Waals surface area contributed by atoms with E-state index in [1.807, 2.05) is 18.2 Å². The van der Waals surface area contributed by atoms with Gasteiger partial charge in [0.05, 0.1) is 24.5 Å². The Morgan fingerprint density at radius 2 is 2.07 bits per heavy atom. The molecule has 1 N–H and O–H groups in total. The van der Waals surface area contributed by atoms with E-state index in [2.05, 4.69) is 4.98 Å². The van der Waals surface area contributed by atoms with Crippen molar-refractivity contribution in [2.45, 2.75) is 44.5 Å². The molecule has 1 aliphatic rings. The summed E-state index contributed by atoms with van der Waals surface area (Å²) >= 11 is 0. The molecule has 3 nitrogen and oxygen atoms in total. The van der Waals surface area contributed by atoms with E-state index in [1.54, 1.807) is 6.20 Å². The van der Waals surface area contributed by atoms with Crippen molar-refractivity contribution < 1.29 is 9.84 Å². The van der Waals surface area contributed by atoms with Crippen LogP contribution in [0.2, 0.25) is 0 Å². The average Bonchev–Trinajstić information content (AvgIpc) is 2.30. The first-order valence-corrected chi connectivity index (χ1v) is 5.54. The number of aliphatic hydroxyl groups excluding tert-OH is 1. The lowest BCUT2D eigenvalue weighted by Gasteiger charge is -2.25. The molecule has 0 radical (unpaired) electrons. The molecule has 1 heterocycles. The van der Waals surface area contributed by atoms with E-state index in [0.717, 1.165) is 31.4 Å². The fourth-order valence-electron chi connectivity index (χ4n) is 1.90. The van der Waals surface area contributed by atoms with Crippen LogP contribution in [0.5, 0.6) is 0 Å². The Morgan fingerprint density at radius 3 is 2.73 bits per heavy atom. The van der Waals surface area contributed by atoms with E-state index >= 15 is 0 Å². The Balaban J connectivity index is 1.74. The second-order valence-corrected chi connectivity index (χ2v) is 4.06. The summed E-state index contributed by atoms with van der Waals surface area (Å²) in [6.45, 7) is 0.585. The van der Waals surface area contributed by atoms with Gasteiger partial charge in [0.2, 0.25) is 0 Å². The van der Waals surface area contributed by atoms with Crippen LogP contribution >= 0.6 is 0 Å². The van der Waals surface area contributed by atoms with E-state index in [4.69, 9.17) is 4.74 Å². The maximum Gasteiger partial charge on any atom is 0.0891 e. The molecule has 0 atom stereocenters. The molecular formula is C12H17NO2. The van der Waals surface area contributed by atoms with Crippen LogP contribution in [0, 0.1) is 0 Å². The van der Waals surface area contributed by atoms with Crippen LogP contribution < -0.4 is 0 Å². The largest absolute Gasteiger partial charge is 0.393 e. The predicted molar refractivity (Wildman–Crippen MR) is 57.3 cm³/mol. The third kappa shape index (κ3) is 3.29. The van der Waals surface area contributed by atoms with Gasteiger partial charge in [0.1, 0.15) is 0 Å². The van der Waals surface area contributed by atoms with Crippen LogP contribution in [0.15, 0.2) is 24.4 Å². The predicted octanol–water partition coefficient (Wildman–Crippen LogP) is 1.90. The first kappa shape index (κ1) is 10.6. The maximum atomic E-state index is 9.34. The van der Waals surface area contributed by atoms with E-state index < -0.39 is 0 Å². The normalized spacial score (nSPS) is 26.5. The van der Waals surface area contributed by atoms with E-state index in [0.29, 0.717) is 12.7 Å². The van der Waals surface area contributed by atoms with Crippen LogP contribution in [0.25, 0.3) is 0 Å². The molecule has 0 spiro atoms.